The number of aromatic nitrogens is 4. The van der Waals surface area contributed by atoms with Crippen molar-refractivity contribution in [3.05, 3.63) is 54.4 Å². The molecule has 0 spiro atoms. The standard InChI is InChI=1S/C26H28N6O3/c1-3-35-23-10-16(9-17-11-31(2)30-26(17)23)19-5-4-6-22(33)25(19)21-8-7-20(28-29-21)18-12-32(13-18)24-14-34-15-27-24/h4-11,18,24,27,33H,3,12-15H2,1-2H3. The van der Waals surface area contributed by atoms with Crippen molar-refractivity contribution in [3.8, 4) is 33.9 Å². The lowest BCUT2D eigenvalue weighted by Gasteiger charge is -2.41. The summed E-state index contributed by atoms with van der Waals surface area (Å²) in [7, 11) is 1.89. The van der Waals surface area contributed by atoms with Gasteiger partial charge in [0.2, 0.25) is 0 Å². The van der Waals surface area contributed by atoms with Gasteiger partial charge in [0.05, 0.1) is 43.1 Å². The highest BCUT2D eigenvalue weighted by Crippen LogP contribution is 2.41. The maximum absolute atomic E-state index is 10.8. The summed E-state index contributed by atoms with van der Waals surface area (Å²) in [5, 5.41) is 28.8. The number of nitrogens with one attached hydrogen (secondary N) is 1. The summed E-state index contributed by atoms with van der Waals surface area (Å²) >= 11 is 0. The second kappa shape index (κ2) is 8.92. The zero-order valence-corrected chi connectivity index (χ0v) is 19.8. The molecule has 0 aliphatic carbocycles. The summed E-state index contributed by atoms with van der Waals surface area (Å²) in [5.41, 5.74) is 4.86. The van der Waals surface area contributed by atoms with Crippen LogP contribution < -0.4 is 10.1 Å². The van der Waals surface area contributed by atoms with Crippen molar-refractivity contribution in [3.63, 3.8) is 0 Å². The Hall–Kier alpha value is -3.53. The molecule has 9 heteroatoms. The van der Waals surface area contributed by atoms with E-state index in [9.17, 15) is 5.11 Å². The Morgan fingerprint density at radius 3 is 2.80 bits per heavy atom. The predicted octanol–water partition coefficient (Wildman–Crippen LogP) is 3.10. The van der Waals surface area contributed by atoms with Gasteiger partial charge in [0, 0.05) is 37.6 Å². The number of aryl methyl sites for hydroxylation is 1. The first-order valence-corrected chi connectivity index (χ1v) is 11.9. The quantitative estimate of drug-likeness (QED) is 0.442. The Labute approximate surface area is 203 Å². The van der Waals surface area contributed by atoms with Crippen LogP contribution in [0.3, 0.4) is 0 Å². The Bertz CT molecular complexity index is 1360. The minimum Gasteiger partial charge on any atom is -0.507 e. The second-order valence-electron chi connectivity index (χ2n) is 9.08. The molecule has 0 bridgehead atoms. The number of likely N-dealkylation sites (tertiary alicyclic amines) is 1. The molecule has 180 valence electrons. The molecule has 2 N–H and O–H groups in total. The number of rotatable bonds is 6. The molecule has 9 nitrogen and oxygen atoms in total. The van der Waals surface area contributed by atoms with Crippen molar-refractivity contribution >= 4 is 10.9 Å². The van der Waals surface area contributed by atoms with Gasteiger partial charge >= 0.3 is 0 Å². The third kappa shape index (κ3) is 4.01. The SMILES string of the molecule is CCOc1cc(-c2cccc(O)c2-c2ccc(C3CN(C4COCN4)C3)nn2)cc2cn(C)nc12. The third-order valence-electron chi connectivity index (χ3n) is 6.75. The van der Waals surface area contributed by atoms with Crippen molar-refractivity contribution in [1.82, 2.24) is 30.2 Å². The van der Waals surface area contributed by atoms with Gasteiger partial charge in [0.15, 0.2) is 0 Å². The second-order valence-corrected chi connectivity index (χ2v) is 9.08. The van der Waals surface area contributed by atoms with Gasteiger partial charge in [-0.15, -0.1) is 0 Å². The molecule has 4 aromatic rings. The highest BCUT2D eigenvalue weighted by atomic mass is 16.5. The number of hydrogen-bond acceptors (Lipinski definition) is 8. The van der Waals surface area contributed by atoms with E-state index in [0.29, 0.717) is 42.4 Å². The van der Waals surface area contributed by atoms with Gasteiger partial charge < -0.3 is 14.6 Å². The van der Waals surface area contributed by atoms with E-state index in [1.807, 2.05) is 50.5 Å². The number of phenols is 1. The minimum atomic E-state index is 0.163. The fourth-order valence-electron chi connectivity index (χ4n) is 4.96. The number of nitrogens with zero attached hydrogens (tertiary/aromatic N) is 5. The average molecular weight is 473 g/mol. The molecule has 1 unspecified atom stereocenters. The van der Waals surface area contributed by atoms with E-state index < -0.39 is 0 Å². The number of aromatic hydroxyl groups is 1. The molecule has 0 saturated carbocycles. The van der Waals surface area contributed by atoms with E-state index in [-0.39, 0.29) is 5.75 Å². The smallest absolute Gasteiger partial charge is 0.147 e. The lowest BCUT2D eigenvalue weighted by Crippen LogP contribution is -2.55. The van der Waals surface area contributed by atoms with Gasteiger partial charge in [-0.25, -0.2) is 0 Å². The fraction of sp³-hybridized carbons (Fsp3) is 0.346. The van der Waals surface area contributed by atoms with Crippen LogP contribution in [0, 0.1) is 0 Å². The van der Waals surface area contributed by atoms with E-state index in [4.69, 9.17) is 9.47 Å². The molecular weight excluding hydrogens is 444 g/mol. The molecular formula is C26H28N6O3. The molecule has 2 fully saturated rings. The van der Waals surface area contributed by atoms with E-state index in [0.717, 1.165) is 47.4 Å². The summed E-state index contributed by atoms with van der Waals surface area (Å²) in [6, 6.07) is 13.5. The highest BCUT2D eigenvalue weighted by molar-refractivity contribution is 5.94. The van der Waals surface area contributed by atoms with Crippen LogP contribution in [0.5, 0.6) is 11.5 Å². The molecule has 2 aromatic carbocycles. The van der Waals surface area contributed by atoms with Crippen molar-refractivity contribution in [2.75, 3.05) is 33.0 Å². The molecule has 2 saturated heterocycles. The molecule has 2 aliphatic rings. The molecule has 2 aromatic heterocycles. The predicted molar refractivity (Wildman–Crippen MR) is 132 cm³/mol. The maximum atomic E-state index is 10.8. The number of benzene rings is 2. The van der Waals surface area contributed by atoms with E-state index in [2.05, 4.69) is 31.6 Å². The van der Waals surface area contributed by atoms with E-state index in [1.54, 1.807) is 10.7 Å². The Kier molecular flexibility index (Phi) is 5.60. The summed E-state index contributed by atoms with van der Waals surface area (Å²) in [6.07, 6.45) is 2.26. The summed E-state index contributed by atoms with van der Waals surface area (Å²) in [6.45, 7) is 5.70. The zero-order valence-electron chi connectivity index (χ0n) is 19.8. The van der Waals surface area contributed by atoms with Crippen LogP contribution in [0.4, 0.5) is 0 Å². The fourth-order valence-corrected chi connectivity index (χ4v) is 4.96. The van der Waals surface area contributed by atoms with Crippen LogP contribution in [0.25, 0.3) is 33.3 Å². The first-order valence-electron chi connectivity index (χ1n) is 11.9. The number of fused-ring (bicyclic) bond motifs is 1. The third-order valence-corrected chi connectivity index (χ3v) is 6.75. The molecule has 2 aliphatic heterocycles. The van der Waals surface area contributed by atoms with Gasteiger partial charge in [-0.3, -0.25) is 14.9 Å². The van der Waals surface area contributed by atoms with Crippen LogP contribution in [0.2, 0.25) is 0 Å². The van der Waals surface area contributed by atoms with Crippen LogP contribution in [-0.4, -0.2) is 69.2 Å². The lowest BCUT2D eigenvalue weighted by molar-refractivity contribution is 0.0704. The molecule has 4 heterocycles. The van der Waals surface area contributed by atoms with Gasteiger partial charge in [-0.2, -0.15) is 15.3 Å². The van der Waals surface area contributed by atoms with Gasteiger partial charge in [0.1, 0.15) is 17.0 Å². The number of phenolic OH excluding ortho intramolecular Hbond substituents is 1. The van der Waals surface area contributed by atoms with Crippen molar-refractivity contribution < 1.29 is 14.6 Å². The Morgan fingerprint density at radius 2 is 2.06 bits per heavy atom. The van der Waals surface area contributed by atoms with Crippen molar-refractivity contribution in [1.29, 1.82) is 0 Å². The first kappa shape index (κ1) is 22.0. The van der Waals surface area contributed by atoms with E-state index in [1.165, 1.54) is 0 Å². The van der Waals surface area contributed by atoms with Crippen LogP contribution in [-0.2, 0) is 11.8 Å². The van der Waals surface area contributed by atoms with Gasteiger partial charge in [-0.05, 0) is 48.4 Å². The topological polar surface area (TPSA) is 97.6 Å². The maximum Gasteiger partial charge on any atom is 0.147 e. The summed E-state index contributed by atoms with van der Waals surface area (Å²) < 4.78 is 13.1. The highest BCUT2D eigenvalue weighted by Gasteiger charge is 2.35. The van der Waals surface area contributed by atoms with Crippen LogP contribution in [0.15, 0.2) is 48.7 Å². The Morgan fingerprint density at radius 1 is 1.17 bits per heavy atom. The van der Waals surface area contributed by atoms with Crippen LogP contribution >= 0.6 is 0 Å². The van der Waals surface area contributed by atoms with Crippen molar-refractivity contribution in [2.45, 2.75) is 19.0 Å². The number of hydrogen-bond donors (Lipinski definition) is 2. The van der Waals surface area contributed by atoms with Gasteiger partial charge in [0.25, 0.3) is 0 Å². The van der Waals surface area contributed by atoms with Gasteiger partial charge in [-0.1, -0.05) is 12.1 Å². The monoisotopic (exact) mass is 472 g/mol. The van der Waals surface area contributed by atoms with Crippen LogP contribution in [0.1, 0.15) is 18.5 Å². The summed E-state index contributed by atoms with van der Waals surface area (Å²) in [4.78, 5) is 2.36. The summed E-state index contributed by atoms with van der Waals surface area (Å²) in [5.74, 6) is 1.23. The largest absolute Gasteiger partial charge is 0.507 e. The first-order chi connectivity index (χ1) is 17.1. The number of ether oxygens (including phenoxy) is 2. The lowest BCUT2D eigenvalue weighted by atomic mass is 9.93. The average Bonchev–Trinajstić information content (AvgIpc) is 3.48. The molecule has 0 radical (unpaired) electrons. The van der Waals surface area contributed by atoms with E-state index >= 15 is 0 Å². The zero-order chi connectivity index (χ0) is 23.9. The Balaban J connectivity index is 1.32. The molecule has 6 rings (SSSR count). The normalized spacial score (nSPS) is 18.7. The van der Waals surface area contributed by atoms with Crippen molar-refractivity contribution in [2.24, 2.45) is 7.05 Å². The molecule has 35 heavy (non-hydrogen) atoms. The molecule has 1 atom stereocenters. The molecule has 0 amide bonds. The minimum absolute atomic E-state index is 0.163.